The first-order chi connectivity index (χ1) is 22.8. The number of halogens is 2. The number of benzene rings is 5. The van der Waals surface area contributed by atoms with Crippen LogP contribution in [0.3, 0.4) is 0 Å². The van der Waals surface area contributed by atoms with Crippen LogP contribution in [0, 0.1) is 0 Å². The molecule has 3 N–H and O–H groups in total. The average molecular weight is 683 g/mol. The molecule has 5 aromatic rings. The zero-order valence-corrected chi connectivity index (χ0v) is 27.2. The normalized spacial score (nSPS) is 11.0. The van der Waals surface area contributed by atoms with Crippen molar-refractivity contribution in [3.63, 3.8) is 0 Å². The predicted octanol–water partition coefficient (Wildman–Crippen LogP) is 8.71. The van der Waals surface area contributed by atoms with Crippen LogP contribution in [0.5, 0.6) is 5.75 Å². The van der Waals surface area contributed by atoms with E-state index in [0.717, 1.165) is 10.5 Å². The molecule has 0 radical (unpaired) electrons. The van der Waals surface area contributed by atoms with E-state index < -0.39 is 11.8 Å². The number of thioether (sulfide) groups is 1. The number of nitrogens with one attached hydrogen (secondary N) is 3. The molecule has 0 bridgehead atoms. The van der Waals surface area contributed by atoms with Crippen molar-refractivity contribution >= 4 is 70.1 Å². The second-order valence-corrected chi connectivity index (χ2v) is 12.0. The maximum atomic E-state index is 13.5. The molecule has 10 heteroatoms. The molecule has 0 aliphatic carbocycles. The van der Waals surface area contributed by atoms with Gasteiger partial charge < -0.3 is 20.7 Å². The molecule has 0 aromatic heterocycles. The minimum atomic E-state index is -0.519. The Bertz CT molecular complexity index is 1890. The monoisotopic (exact) mass is 681 g/mol. The lowest BCUT2D eigenvalue weighted by Crippen LogP contribution is -2.30. The van der Waals surface area contributed by atoms with Gasteiger partial charge in [-0.05, 0) is 71.8 Å². The molecule has 236 valence electrons. The molecule has 0 heterocycles. The van der Waals surface area contributed by atoms with Crippen LogP contribution in [0.25, 0.3) is 6.08 Å². The van der Waals surface area contributed by atoms with Gasteiger partial charge in [-0.3, -0.25) is 14.4 Å². The van der Waals surface area contributed by atoms with Crippen LogP contribution >= 0.6 is 35.0 Å². The van der Waals surface area contributed by atoms with Gasteiger partial charge in [-0.1, -0.05) is 96.0 Å². The fraction of sp³-hybridized carbons (Fsp3) is 0.0541. The standard InChI is InChI=1S/C37H29Cl2N3O4S/c38-31-15-8-16-32(35(31)39)41-34(43)24-47-30-14-7-13-28(22-30)40-37(45)33(42-36(44)27-11-5-2-6-12-27)21-25-17-19-29(20-18-25)46-23-26-9-3-1-4-10-26/h1-22H,23-24H2,(H,40,45)(H,41,43)(H,42,44)/b33-21+. The Morgan fingerprint density at radius 3 is 2.19 bits per heavy atom. The average Bonchev–Trinajstić information content (AvgIpc) is 3.09. The molecular weight excluding hydrogens is 653 g/mol. The summed E-state index contributed by atoms with van der Waals surface area (Å²) in [6, 6.07) is 37.8. The van der Waals surface area contributed by atoms with Crippen molar-refractivity contribution in [1.29, 1.82) is 0 Å². The molecule has 0 aliphatic heterocycles. The molecule has 0 saturated carbocycles. The van der Waals surface area contributed by atoms with E-state index in [2.05, 4.69) is 16.0 Å². The second-order valence-electron chi connectivity index (χ2n) is 10.1. The number of carbonyl (C=O) groups excluding carboxylic acids is 3. The molecule has 0 saturated heterocycles. The van der Waals surface area contributed by atoms with E-state index in [1.165, 1.54) is 11.8 Å². The van der Waals surface area contributed by atoms with Crippen LogP contribution in [0.4, 0.5) is 11.4 Å². The van der Waals surface area contributed by atoms with Crippen molar-refractivity contribution in [3.05, 3.63) is 160 Å². The lowest BCUT2D eigenvalue weighted by Gasteiger charge is -2.13. The lowest BCUT2D eigenvalue weighted by molar-refractivity contribution is -0.114. The Labute approximate surface area is 287 Å². The number of hydrogen-bond acceptors (Lipinski definition) is 5. The van der Waals surface area contributed by atoms with E-state index in [4.69, 9.17) is 27.9 Å². The fourth-order valence-electron chi connectivity index (χ4n) is 4.31. The number of rotatable bonds is 12. The van der Waals surface area contributed by atoms with Crippen LogP contribution in [0.2, 0.25) is 10.0 Å². The van der Waals surface area contributed by atoms with Crippen molar-refractivity contribution in [3.8, 4) is 5.75 Å². The maximum Gasteiger partial charge on any atom is 0.272 e. The van der Waals surface area contributed by atoms with E-state index in [1.807, 2.05) is 42.5 Å². The van der Waals surface area contributed by atoms with Crippen molar-refractivity contribution in [2.75, 3.05) is 16.4 Å². The Balaban J connectivity index is 1.26. The van der Waals surface area contributed by atoms with E-state index in [1.54, 1.807) is 91.0 Å². The number of anilines is 2. The second kappa shape index (κ2) is 16.5. The zero-order chi connectivity index (χ0) is 33.0. The third-order valence-electron chi connectivity index (χ3n) is 6.66. The molecule has 0 unspecified atom stereocenters. The van der Waals surface area contributed by atoms with E-state index in [9.17, 15) is 14.4 Å². The third-order valence-corrected chi connectivity index (χ3v) is 8.47. The summed E-state index contributed by atoms with van der Waals surface area (Å²) in [6.07, 6.45) is 1.60. The van der Waals surface area contributed by atoms with Gasteiger partial charge in [0.1, 0.15) is 18.1 Å². The number of amides is 3. The van der Waals surface area contributed by atoms with Gasteiger partial charge in [0.05, 0.1) is 21.5 Å². The van der Waals surface area contributed by atoms with Gasteiger partial charge in [0.2, 0.25) is 5.91 Å². The molecule has 0 atom stereocenters. The zero-order valence-electron chi connectivity index (χ0n) is 24.9. The van der Waals surface area contributed by atoms with Crippen molar-refractivity contribution in [2.24, 2.45) is 0 Å². The minimum absolute atomic E-state index is 0.0487. The first kappa shape index (κ1) is 33.3. The topological polar surface area (TPSA) is 96.5 Å². The van der Waals surface area contributed by atoms with Crippen LogP contribution in [-0.2, 0) is 16.2 Å². The van der Waals surface area contributed by atoms with Gasteiger partial charge in [-0.15, -0.1) is 11.8 Å². The summed E-state index contributed by atoms with van der Waals surface area (Å²) in [4.78, 5) is 39.9. The molecule has 47 heavy (non-hydrogen) atoms. The Kier molecular flexibility index (Phi) is 11.7. The molecule has 0 aliphatic rings. The van der Waals surface area contributed by atoms with Crippen LogP contribution in [0.1, 0.15) is 21.5 Å². The highest BCUT2D eigenvalue weighted by Crippen LogP contribution is 2.30. The predicted molar refractivity (Wildman–Crippen MR) is 190 cm³/mol. The summed E-state index contributed by atoms with van der Waals surface area (Å²) in [5.41, 5.74) is 3.11. The summed E-state index contributed by atoms with van der Waals surface area (Å²) in [5, 5.41) is 8.98. The molecule has 0 spiro atoms. The first-order valence-corrected chi connectivity index (χ1v) is 16.2. The minimum Gasteiger partial charge on any atom is -0.489 e. The van der Waals surface area contributed by atoms with Gasteiger partial charge in [0, 0.05) is 16.1 Å². The van der Waals surface area contributed by atoms with Gasteiger partial charge in [0.15, 0.2) is 0 Å². The van der Waals surface area contributed by atoms with Gasteiger partial charge in [-0.2, -0.15) is 0 Å². The maximum absolute atomic E-state index is 13.5. The molecule has 3 amide bonds. The van der Waals surface area contributed by atoms with E-state index in [0.29, 0.717) is 39.9 Å². The quantitative estimate of drug-likeness (QED) is 0.0904. The first-order valence-electron chi connectivity index (χ1n) is 14.5. The molecule has 7 nitrogen and oxygen atoms in total. The smallest absolute Gasteiger partial charge is 0.272 e. The van der Waals surface area contributed by atoms with Crippen molar-refractivity contribution in [1.82, 2.24) is 5.32 Å². The number of carbonyl (C=O) groups is 3. The van der Waals surface area contributed by atoms with Crippen molar-refractivity contribution in [2.45, 2.75) is 11.5 Å². The summed E-state index contributed by atoms with van der Waals surface area (Å²) in [7, 11) is 0. The van der Waals surface area contributed by atoms with Crippen LogP contribution in [0.15, 0.2) is 138 Å². The molecule has 0 fully saturated rings. The van der Waals surface area contributed by atoms with Gasteiger partial charge >= 0.3 is 0 Å². The molecular formula is C37H29Cl2N3O4S. The summed E-state index contributed by atoms with van der Waals surface area (Å²) >= 11 is 13.5. The van der Waals surface area contributed by atoms with Gasteiger partial charge in [-0.25, -0.2) is 0 Å². The summed E-state index contributed by atoms with van der Waals surface area (Å²) in [5.74, 6) is -0.439. The van der Waals surface area contributed by atoms with E-state index >= 15 is 0 Å². The van der Waals surface area contributed by atoms with Crippen LogP contribution in [-0.4, -0.2) is 23.5 Å². The Morgan fingerprint density at radius 2 is 1.45 bits per heavy atom. The van der Waals surface area contributed by atoms with Crippen molar-refractivity contribution < 1.29 is 19.1 Å². The largest absolute Gasteiger partial charge is 0.489 e. The highest BCUT2D eigenvalue weighted by molar-refractivity contribution is 8.00. The Morgan fingerprint density at radius 1 is 0.745 bits per heavy atom. The molecule has 5 rings (SSSR count). The third kappa shape index (κ3) is 9.98. The fourth-order valence-corrected chi connectivity index (χ4v) is 5.41. The van der Waals surface area contributed by atoms with E-state index in [-0.39, 0.29) is 22.4 Å². The number of ether oxygens (including phenoxy) is 1. The lowest BCUT2D eigenvalue weighted by atomic mass is 10.1. The molecule has 5 aromatic carbocycles. The summed E-state index contributed by atoms with van der Waals surface area (Å²) < 4.78 is 5.88. The Hall–Kier alpha value is -5.02. The SMILES string of the molecule is O=C(CSc1cccc(NC(=O)/C(=C\c2ccc(OCc3ccccc3)cc2)NC(=O)c2ccccc2)c1)Nc1cccc(Cl)c1Cl. The highest BCUT2D eigenvalue weighted by Gasteiger charge is 2.16. The number of hydrogen-bond donors (Lipinski definition) is 3. The highest BCUT2D eigenvalue weighted by atomic mass is 35.5. The van der Waals surface area contributed by atoms with Crippen LogP contribution < -0.4 is 20.7 Å². The van der Waals surface area contributed by atoms with Gasteiger partial charge in [0.25, 0.3) is 11.8 Å². The summed E-state index contributed by atoms with van der Waals surface area (Å²) in [6.45, 7) is 0.426.